The molecular formula is C10H19N3. The highest BCUT2D eigenvalue weighted by atomic mass is 15.1. The summed E-state index contributed by atoms with van der Waals surface area (Å²) in [4.78, 5) is 2.14. The van der Waals surface area contributed by atoms with Crippen LogP contribution in [0.15, 0.2) is 12.2 Å². The molecule has 0 aromatic heterocycles. The zero-order chi connectivity index (χ0) is 10.3. The average molecular weight is 181 g/mol. The summed E-state index contributed by atoms with van der Waals surface area (Å²) in [7, 11) is 3.92. The van der Waals surface area contributed by atoms with E-state index in [9.17, 15) is 0 Å². The molecule has 0 aromatic rings. The minimum absolute atomic E-state index is 0.304. The summed E-state index contributed by atoms with van der Waals surface area (Å²) < 4.78 is 0. The number of nitrogens with one attached hydrogen (secondary N) is 1. The highest BCUT2D eigenvalue weighted by Gasteiger charge is 2.08. The second kappa shape index (κ2) is 6.64. The summed E-state index contributed by atoms with van der Waals surface area (Å²) >= 11 is 0. The number of hydrogen-bond acceptors (Lipinski definition) is 3. The Morgan fingerprint density at radius 1 is 1.69 bits per heavy atom. The van der Waals surface area contributed by atoms with Crippen LogP contribution in [-0.4, -0.2) is 38.1 Å². The first-order valence-electron chi connectivity index (χ1n) is 4.50. The van der Waals surface area contributed by atoms with Gasteiger partial charge in [0.15, 0.2) is 0 Å². The Hall–Kier alpha value is -0.850. The molecule has 0 heterocycles. The Labute approximate surface area is 81.0 Å². The summed E-state index contributed by atoms with van der Waals surface area (Å²) in [6.07, 6.45) is 0.573. The van der Waals surface area contributed by atoms with Crippen molar-refractivity contribution in [3.8, 4) is 6.07 Å². The first kappa shape index (κ1) is 12.2. The lowest BCUT2D eigenvalue weighted by molar-refractivity contribution is 0.280. The smallest absolute Gasteiger partial charge is 0.0638 e. The lowest BCUT2D eigenvalue weighted by atomic mass is 10.2. The van der Waals surface area contributed by atoms with Gasteiger partial charge in [-0.05, 0) is 26.6 Å². The Morgan fingerprint density at radius 2 is 2.31 bits per heavy atom. The van der Waals surface area contributed by atoms with E-state index >= 15 is 0 Å². The van der Waals surface area contributed by atoms with E-state index in [0.717, 1.165) is 18.7 Å². The van der Waals surface area contributed by atoms with Gasteiger partial charge in [0.25, 0.3) is 0 Å². The molecule has 0 rings (SSSR count). The largest absolute Gasteiger partial charge is 0.316 e. The van der Waals surface area contributed by atoms with Crippen LogP contribution in [0.5, 0.6) is 0 Å². The van der Waals surface area contributed by atoms with Crippen molar-refractivity contribution in [3.63, 3.8) is 0 Å². The van der Waals surface area contributed by atoms with E-state index in [0.29, 0.717) is 12.5 Å². The SMILES string of the molecule is C=C(CNC)CN(C)C(C)CC#N. The van der Waals surface area contributed by atoms with E-state index in [-0.39, 0.29) is 0 Å². The Morgan fingerprint density at radius 3 is 2.77 bits per heavy atom. The standard InChI is InChI=1S/C10H19N3/c1-9(7-12-3)8-13(4)10(2)5-6-11/h10,12H,1,5,7-8H2,2-4H3. The third kappa shape index (κ3) is 5.40. The van der Waals surface area contributed by atoms with E-state index in [1.807, 2.05) is 14.1 Å². The topological polar surface area (TPSA) is 39.1 Å². The van der Waals surface area contributed by atoms with Crippen LogP contribution in [0, 0.1) is 11.3 Å². The second-order valence-corrected chi connectivity index (χ2v) is 3.41. The van der Waals surface area contributed by atoms with Crippen molar-refractivity contribution >= 4 is 0 Å². The molecule has 13 heavy (non-hydrogen) atoms. The van der Waals surface area contributed by atoms with E-state index in [1.54, 1.807) is 0 Å². The van der Waals surface area contributed by atoms with Crippen molar-refractivity contribution in [1.29, 1.82) is 5.26 Å². The molecule has 1 N–H and O–H groups in total. The van der Waals surface area contributed by atoms with Crippen LogP contribution in [0.25, 0.3) is 0 Å². The van der Waals surface area contributed by atoms with E-state index in [1.165, 1.54) is 0 Å². The molecule has 3 heteroatoms. The third-order valence-electron chi connectivity index (χ3n) is 2.04. The monoisotopic (exact) mass is 181 g/mol. The zero-order valence-corrected chi connectivity index (χ0v) is 8.80. The molecule has 0 aliphatic carbocycles. The van der Waals surface area contributed by atoms with Gasteiger partial charge in [-0.2, -0.15) is 5.26 Å². The molecule has 0 aliphatic rings. The maximum atomic E-state index is 8.51. The van der Waals surface area contributed by atoms with E-state index in [2.05, 4.69) is 29.8 Å². The van der Waals surface area contributed by atoms with Gasteiger partial charge in [0, 0.05) is 19.1 Å². The summed E-state index contributed by atoms with van der Waals surface area (Å²) in [5.74, 6) is 0. The lowest BCUT2D eigenvalue weighted by Gasteiger charge is -2.23. The molecule has 3 nitrogen and oxygen atoms in total. The summed E-state index contributed by atoms with van der Waals surface area (Å²) in [6, 6.07) is 2.47. The van der Waals surface area contributed by atoms with Gasteiger partial charge < -0.3 is 5.32 Å². The van der Waals surface area contributed by atoms with Gasteiger partial charge in [-0.15, -0.1) is 0 Å². The van der Waals surface area contributed by atoms with Gasteiger partial charge in [0.2, 0.25) is 0 Å². The van der Waals surface area contributed by atoms with Crippen LogP contribution in [-0.2, 0) is 0 Å². The molecule has 0 aliphatic heterocycles. The molecule has 0 amide bonds. The Balaban J connectivity index is 3.79. The fourth-order valence-corrected chi connectivity index (χ4v) is 1.10. The summed E-state index contributed by atoms with van der Waals surface area (Å²) in [5, 5.41) is 11.6. The van der Waals surface area contributed by atoms with Crippen molar-refractivity contribution in [3.05, 3.63) is 12.2 Å². The molecule has 0 fully saturated rings. The van der Waals surface area contributed by atoms with Gasteiger partial charge in [0.1, 0.15) is 0 Å². The number of nitriles is 1. The molecule has 0 saturated carbocycles. The highest BCUT2D eigenvalue weighted by Crippen LogP contribution is 2.02. The molecule has 1 atom stereocenters. The quantitative estimate of drug-likeness (QED) is 0.621. The number of likely N-dealkylation sites (N-methyl/N-ethyl adjacent to an activating group) is 2. The highest BCUT2D eigenvalue weighted by molar-refractivity contribution is 5.00. The predicted molar refractivity (Wildman–Crippen MR) is 55.4 cm³/mol. The van der Waals surface area contributed by atoms with Crippen LogP contribution in [0.4, 0.5) is 0 Å². The molecule has 1 unspecified atom stereocenters. The van der Waals surface area contributed by atoms with Gasteiger partial charge >= 0.3 is 0 Å². The molecule has 0 radical (unpaired) electrons. The van der Waals surface area contributed by atoms with Gasteiger partial charge in [0.05, 0.1) is 12.5 Å². The Kier molecular flexibility index (Phi) is 6.21. The van der Waals surface area contributed by atoms with E-state index in [4.69, 9.17) is 5.26 Å². The molecule has 0 aromatic carbocycles. The minimum atomic E-state index is 0.304. The summed E-state index contributed by atoms with van der Waals surface area (Å²) in [6.45, 7) is 7.68. The normalized spacial score (nSPS) is 12.5. The third-order valence-corrected chi connectivity index (χ3v) is 2.04. The number of rotatable bonds is 6. The molecule has 0 spiro atoms. The van der Waals surface area contributed by atoms with Gasteiger partial charge in [-0.1, -0.05) is 6.58 Å². The molecular weight excluding hydrogens is 162 g/mol. The fraction of sp³-hybridized carbons (Fsp3) is 0.700. The van der Waals surface area contributed by atoms with Crippen LogP contribution >= 0.6 is 0 Å². The van der Waals surface area contributed by atoms with Gasteiger partial charge in [-0.3, -0.25) is 4.90 Å². The number of nitrogens with zero attached hydrogens (tertiary/aromatic N) is 2. The minimum Gasteiger partial charge on any atom is -0.316 e. The maximum absolute atomic E-state index is 8.51. The van der Waals surface area contributed by atoms with Crippen LogP contribution in [0.2, 0.25) is 0 Å². The van der Waals surface area contributed by atoms with Crippen molar-refractivity contribution in [2.24, 2.45) is 0 Å². The first-order valence-corrected chi connectivity index (χ1v) is 4.50. The number of hydrogen-bond donors (Lipinski definition) is 1. The average Bonchev–Trinajstić information content (AvgIpc) is 2.05. The molecule has 0 bridgehead atoms. The van der Waals surface area contributed by atoms with Crippen LogP contribution in [0.1, 0.15) is 13.3 Å². The van der Waals surface area contributed by atoms with Crippen molar-refractivity contribution in [2.45, 2.75) is 19.4 Å². The zero-order valence-electron chi connectivity index (χ0n) is 8.80. The summed E-state index contributed by atoms with van der Waals surface area (Å²) in [5.41, 5.74) is 1.15. The lowest BCUT2D eigenvalue weighted by Crippen LogP contribution is -2.32. The van der Waals surface area contributed by atoms with Crippen LogP contribution < -0.4 is 5.32 Å². The first-order chi connectivity index (χ1) is 6.11. The van der Waals surface area contributed by atoms with Crippen molar-refractivity contribution < 1.29 is 0 Å². The predicted octanol–water partition coefficient (Wildman–Crippen LogP) is 0.996. The maximum Gasteiger partial charge on any atom is 0.0638 e. The molecule has 74 valence electrons. The second-order valence-electron chi connectivity index (χ2n) is 3.41. The van der Waals surface area contributed by atoms with Gasteiger partial charge in [-0.25, -0.2) is 0 Å². The molecule has 0 saturated heterocycles. The fourth-order valence-electron chi connectivity index (χ4n) is 1.10. The van der Waals surface area contributed by atoms with Crippen molar-refractivity contribution in [1.82, 2.24) is 10.2 Å². The Bertz CT molecular complexity index is 193. The van der Waals surface area contributed by atoms with Crippen molar-refractivity contribution in [2.75, 3.05) is 27.2 Å². The van der Waals surface area contributed by atoms with Crippen LogP contribution in [0.3, 0.4) is 0 Å². The van der Waals surface area contributed by atoms with E-state index < -0.39 is 0 Å².